The molecule has 0 fully saturated rings. The maximum Gasteiger partial charge on any atom is 0.218 e. The molecule has 0 aliphatic heterocycles. The van der Waals surface area contributed by atoms with E-state index < -0.39 is 0 Å². The van der Waals surface area contributed by atoms with Crippen molar-refractivity contribution in [1.82, 2.24) is 0 Å². The van der Waals surface area contributed by atoms with Crippen LogP contribution in [0.25, 0.3) is 4.85 Å². The van der Waals surface area contributed by atoms with Gasteiger partial charge < -0.3 is 9.58 Å². The number of halogens is 1. The Kier molecular flexibility index (Phi) is 3.78. The Morgan fingerprint density at radius 1 is 1.54 bits per heavy atom. The summed E-state index contributed by atoms with van der Waals surface area (Å²) in [5.41, 5.74) is 1.16. The first kappa shape index (κ1) is 10.1. The maximum absolute atomic E-state index is 6.67. The second kappa shape index (κ2) is 4.88. The van der Waals surface area contributed by atoms with E-state index in [1.54, 1.807) is 7.11 Å². The van der Waals surface area contributed by atoms with Gasteiger partial charge in [-0.3, -0.25) is 0 Å². The molecule has 3 heteroatoms. The largest absolute Gasteiger partial charge is 0.496 e. The zero-order chi connectivity index (χ0) is 9.68. The van der Waals surface area contributed by atoms with E-state index in [2.05, 4.69) is 20.8 Å². The molecule has 0 aliphatic carbocycles. The molecule has 1 aromatic carbocycles. The third-order valence-electron chi connectivity index (χ3n) is 1.73. The van der Waals surface area contributed by atoms with E-state index >= 15 is 0 Å². The minimum Gasteiger partial charge on any atom is -0.496 e. The molecule has 0 atom stereocenters. The molecule has 2 nitrogen and oxygen atoms in total. The third kappa shape index (κ3) is 2.74. The van der Waals surface area contributed by atoms with Gasteiger partial charge in [0.1, 0.15) is 5.75 Å². The van der Waals surface area contributed by atoms with Crippen LogP contribution >= 0.6 is 15.9 Å². The molecule has 0 saturated carbocycles. The smallest absolute Gasteiger partial charge is 0.218 e. The molecule has 68 valence electrons. The van der Waals surface area contributed by atoms with Crippen LogP contribution in [0.15, 0.2) is 22.7 Å². The van der Waals surface area contributed by atoms with Crippen molar-refractivity contribution in [3.63, 3.8) is 0 Å². The van der Waals surface area contributed by atoms with E-state index in [1.165, 1.54) is 0 Å². The van der Waals surface area contributed by atoms with Gasteiger partial charge in [-0.1, -0.05) is 6.07 Å². The van der Waals surface area contributed by atoms with E-state index in [9.17, 15) is 0 Å². The fourth-order valence-electron chi connectivity index (χ4n) is 1.05. The lowest BCUT2D eigenvalue weighted by atomic mass is 10.1. The molecule has 1 aromatic rings. The third-order valence-corrected chi connectivity index (χ3v) is 2.35. The fourth-order valence-corrected chi connectivity index (χ4v) is 1.64. The van der Waals surface area contributed by atoms with Crippen molar-refractivity contribution in [2.75, 3.05) is 13.7 Å². The lowest BCUT2D eigenvalue weighted by molar-refractivity contribution is 0.412. The average Bonchev–Trinajstić information content (AvgIpc) is 2.15. The number of rotatable bonds is 3. The highest BCUT2D eigenvalue weighted by Gasteiger charge is 2.01. The van der Waals surface area contributed by atoms with Crippen LogP contribution in [0.4, 0.5) is 0 Å². The van der Waals surface area contributed by atoms with Gasteiger partial charge in [0, 0.05) is 6.42 Å². The van der Waals surface area contributed by atoms with Crippen LogP contribution in [0, 0.1) is 6.57 Å². The van der Waals surface area contributed by atoms with E-state index in [0.717, 1.165) is 22.2 Å². The molecule has 0 unspecified atom stereocenters. The summed E-state index contributed by atoms with van der Waals surface area (Å²) < 4.78 is 6.04. The van der Waals surface area contributed by atoms with Crippen molar-refractivity contribution in [3.8, 4) is 5.75 Å². The number of methoxy groups -OCH3 is 1. The van der Waals surface area contributed by atoms with Gasteiger partial charge in [-0.25, -0.2) is 6.57 Å². The molecule has 0 heterocycles. The summed E-state index contributed by atoms with van der Waals surface area (Å²) >= 11 is 3.40. The normalized spacial score (nSPS) is 9.31. The lowest BCUT2D eigenvalue weighted by Crippen LogP contribution is -1.90. The van der Waals surface area contributed by atoms with E-state index in [4.69, 9.17) is 11.3 Å². The molecule has 0 bridgehead atoms. The second-order valence-corrected chi connectivity index (χ2v) is 3.45. The van der Waals surface area contributed by atoms with Crippen LogP contribution in [-0.2, 0) is 6.42 Å². The number of benzene rings is 1. The quantitative estimate of drug-likeness (QED) is 0.740. The van der Waals surface area contributed by atoms with Crippen molar-refractivity contribution in [3.05, 3.63) is 39.7 Å². The summed E-state index contributed by atoms with van der Waals surface area (Å²) in [5.74, 6) is 0.826. The van der Waals surface area contributed by atoms with E-state index in [0.29, 0.717) is 6.54 Å². The molecule has 0 radical (unpaired) electrons. The first-order valence-corrected chi connectivity index (χ1v) is 4.73. The number of hydrogen-bond acceptors (Lipinski definition) is 1. The Morgan fingerprint density at radius 3 is 2.85 bits per heavy atom. The first-order valence-electron chi connectivity index (χ1n) is 3.93. The van der Waals surface area contributed by atoms with Crippen molar-refractivity contribution in [2.24, 2.45) is 0 Å². The van der Waals surface area contributed by atoms with Crippen LogP contribution < -0.4 is 4.74 Å². The van der Waals surface area contributed by atoms with Gasteiger partial charge in [0.25, 0.3) is 0 Å². The second-order valence-electron chi connectivity index (χ2n) is 2.60. The predicted molar refractivity (Wildman–Crippen MR) is 55.9 cm³/mol. The molecular weight excluding hydrogens is 230 g/mol. The molecule has 0 aromatic heterocycles. The van der Waals surface area contributed by atoms with E-state index in [-0.39, 0.29) is 0 Å². The zero-order valence-electron chi connectivity index (χ0n) is 7.38. The number of ether oxygens (including phenoxy) is 1. The molecule has 0 saturated heterocycles. The highest BCUT2D eigenvalue weighted by molar-refractivity contribution is 9.10. The Labute approximate surface area is 86.5 Å². The van der Waals surface area contributed by atoms with Crippen molar-refractivity contribution >= 4 is 15.9 Å². The average molecular weight is 240 g/mol. The van der Waals surface area contributed by atoms with Gasteiger partial charge >= 0.3 is 0 Å². The Hall–Kier alpha value is -1.01. The summed E-state index contributed by atoms with van der Waals surface area (Å²) in [4.78, 5) is 3.31. The van der Waals surface area contributed by atoms with Crippen LogP contribution in [0.3, 0.4) is 0 Å². The first-order chi connectivity index (χ1) is 6.27. The minimum absolute atomic E-state index is 0.540. The van der Waals surface area contributed by atoms with Crippen molar-refractivity contribution < 1.29 is 4.74 Å². The van der Waals surface area contributed by atoms with Gasteiger partial charge in [-0.2, -0.15) is 0 Å². The Balaban J connectivity index is 2.78. The fraction of sp³-hybridized carbons (Fsp3) is 0.300. The summed E-state index contributed by atoms with van der Waals surface area (Å²) in [6, 6.07) is 5.88. The zero-order valence-corrected chi connectivity index (χ0v) is 8.97. The molecular formula is C10H10BrNO. The van der Waals surface area contributed by atoms with Crippen LogP contribution in [0.2, 0.25) is 0 Å². The summed E-state index contributed by atoms with van der Waals surface area (Å²) in [6.07, 6.45) is 0.798. The van der Waals surface area contributed by atoms with Gasteiger partial charge in [0.05, 0.1) is 11.6 Å². The molecule has 0 amide bonds. The topological polar surface area (TPSA) is 13.6 Å². The Morgan fingerprint density at radius 2 is 2.31 bits per heavy atom. The molecule has 1 rings (SSSR count). The lowest BCUT2D eigenvalue weighted by Gasteiger charge is -2.03. The Bertz CT molecular complexity index is 330. The predicted octanol–water partition coefficient (Wildman–Crippen LogP) is 2.92. The maximum atomic E-state index is 6.67. The van der Waals surface area contributed by atoms with Gasteiger partial charge in [0.15, 0.2) is 0 Å². The van der Waals surface area contributed by atoms with Crippen LogP contribution in [0.1, 0.15) is 5.56 Å². The van der Waals surface area contributed by atoms with Crippen molar-refractivity contribution in [1.29, 1.82) is 0 Å². The van der Waals surface area contributed by atoms with Crippen LogP contribution in [-0.4, -0.2) is 13.7 Å². The highest BCUT2D eigenvalue weighted by atomic mass is 79.9. The van der Waals surface area contributed by atoms with Gasteiger partial charge in [-0.05, 0) is 33.6 Å². The van der Waals surface area contributed by atoms with Crippen LogP contribution in [0.5, 0.6) is 5.75 Å². The van der Waals surface area contributed by atoms with E-state index in [1.807, 2.05) is 18.2 Å². The SMILES string of the molecule is [C-]#[N+]CCc1ccc(OC)c(Br)c1. The molecule has 0 spiro atoms. The highest BCUT2D eigenvalue weighted by Crippen LogP contribution is 2.25. The monoisotopic (exact) mass is 239 g/mol. The minimum atomic E-state index is 0.540. The van der Waals surface area contributed by atoms with Gasteiger partial charge in [0.2, 0.25) is 6.54 Å². The standard InChI is InChI=1S/C10H10BrNO/c1-12-6-5-8-3-4-10(13-2)9(11)7-8/h3-4,7H,5-6H2,2H3. The summed E-state index contributed by atoms with van der Waals surface area (Å²) in [5, 5.41) is 0. The molecule has 13 heavy (non-hydrogen) atoms. The molecule has 0 aliphatic rings. The molecule has 0 N–H and O–H groups in total. The number of hydrogen-bond donors (Lipinski definition) is 0. The summed E-state index contributed by atoms with van der Waals surface area (Å²) in [7, 11) is 1.64. The summed E-state index contributed by atoms with van der Waals surface area (Å²) in [6.45, 7) is 7.21. The van der Waals surface area contributed by atoms with Gasteiger partial charge in [-0.15, -0.1) is 0 Å². The van der Waals surface area contributed by atoms with Crippen molar-refractivity contribution in [2.45, 2.75) is 6.42 Å². The number of nitrogens with zero attached hydrogens (tertiary/aromatic N) is 1.